The third kappa shape index (κ3) is 1.62. The van der Waals surface area contributed by atoms with Crippen molar-refractivity contribution >= 4 is 8.02 Å². The summed E-state index contributed by atoms with van der Waals surface area (Å²) in [6, 6.07) is 1.11. The summed E-state index contributed by atoms with van der Waals surface area (Å²) in [5, 5.41) is 0. The van der Waals surface area contributed by atoms with Crippen LogP contribution in [0.1, 0.15) is 27.7 Å². The largest absolute Gasteiger partial charge is 0.437 e. The van der Waals surface area contributed by atoms with Gasteiger partial charge >= 0.3 is 8.02 Å². The first kappa shape index (κ1) is 12.3. The van der Waals surface area contributed by atoms with E-state index in [9.17, 15) is 0 Å². The van der Waals surface area contributed by atoms with E-state index in [1.165, 1.54) is 0 Å². The molecule has 0 aromatic heterocycles. The second-order valence-corrected chi connectivity index (χ2v) is 8.56. The van der Waals surface area contributed by atoms with Gasteiger partial charge < -0.3 is 0 Å². The van der Waals surface area contributed by atoms with Crippen molar-refractivity contribution in [3.05, 3.63) is 0 Å². The first-order valence-corrected chi connectivity index (χ1v) is 8.31. The fraction of sp³-hybridized carbons (Fsp3) is 1.00. The minimum atomic E-state index is -1.82. The second-order valence-electron chi connectivity index (χ2n) is 6.03. The zero-order chi connectivity index (χ0) is 12.2. The van der Waals surface area contributed by atoms with Crippen LogP contribution < -0.4 is 0 Å². The van der Waals surface area contributed by atoms with Crippen molar-refractivity contribution in [2.45, 2.75) is 39.8 Å². The van der Waals surface area contributed by atoms with E-state index in [-0.39, 0.29) is 0 Å². The van der Waals surface area contributed by atoms with Gasteiger partial charge in [0.15, 0.2) is 0 Å². The lowest BCUT2D eigenvalue weighted by atomic mass is 10.1. The number of hydrogen-bond donors (Lipinski definition) is 0. The van der Waals surface area contributed by atoms with Crippen LogP contribution in [-0.4, -0.2) is 47.7 Å². The van der Waals surface area contributed by atoms with Gasteiger partial charge in [-0.1, -0.05) is 27.7 Å². The Balaban J connectivity index is 1.85. The minimum absolute atomic E-state index is 0.555. The van der Waals surface area contributed by atoms with E-state index in [4.69, 9.17) is 9.05 Å². The van der Waals surface area contributed by atoms with Crippen LogP contribution in [0.2, 0.25) is 0 Å². The van der Waals surface area contributed by atoms with Crippen LogP contribution >= 0.6 is 8.02 Å². The maximum Gasteiger partial charge on any atom is 0.437 e. The van der Waals surface area contributed by atoms with Gasteiger partial charge in [0.1, 0.15) is 13.2 Å². The first-order chi connectivity index (χ1) is 8.06. The van der Waals surface area contributed by atoms with E-state index in [2.05, 4.69) is 37.0 Å². The Morgan fingerprint density at radius 1 is 0.882 bits per heavy atom. The van der Waals surface area contributed by atoms with Gasteiger partial charge in [-0.25, -0.2) is 0 Å². The predicted octanol–water partition coefficient (Wildman–Crippen LogP) is 2.39. The van der Waals surface area contributed by atoms with Gasteiger partial charge in [-0.3, -0.25) is 0 Å². The smallest absolute Gasteiger partial charge is 0.170 e. The van der Waals surface area contributed by atoms with E-state index < -0.39 is 8.02 Å². The van der Waals surface area contributed by atoms with Crippen LogP contribution in [0.25, 0.3) is 0 Å². The topological polar surface area (TPSA) is 24.9 Å². The monoisotopic (exact) mass is 259 g/mol. The summed E-state index contributed by atoms with van der Waals surface area (Å²) in [6.45, 7) is 13.1. The highest BCUT2D eigenvalue weighted by Gasteiger charge is 2.73. The molecule has 0 amide bonds. The van der Waals surface area contributed by atoms with Gasteiger partial charge in [-0.05, 0) is 11.8 Å². The van der Waals surface area contributed by atoms with E-state index in [1.54, 1.807) is 0 Å². The van der Waals surface area contributed by atoms with Gasteiger partial charge in [0.05, 0.1) is 25.2 Å². The van der Waals surface area contributed by atoms with Crippen molar-refractivity contribution in [2.24, 2.45) is 11.8 Å². The molecule has 1 spiro atoms. The summed E-state index contributed by atoms with van der Waals surface area (Å²) in [7, 11) is -1.82. The average molecular weight is 259 g/mol. The van der Waals surface area contributed by atoms with E-state index in [0.29, 0.717) is 23.9 Å². The molecule has 3 saturated heterocycles. The Hall–Kier alpha value is 0.270. The Morgan fingerprint density at radius 3 is 1.65 bits per heavy atom. The third-order valence-electron chi connectivity index (χ3n) is 4.34. The molecule has 98 valence electrons. The molecule has 0 aromatic rings. The molecule has 3 fully saturated rings. The van der Waals surface area contributed by atoms with Crippen molar-refractivity contribution in [2.75, 3.05) is 26.3 Å². The molecular weight excluding hydrogens is 235 g/mol. The van der Waals surface area contributed by atoms with Crippen molar-refractivity contribution in [3.63, 3.8) is 0 Å². The lowest BCUT2D eigenvalue weighted by Crippen LogP contribution is -2.33. The summed E-state index contributed by atoms with van der Waals surface area (Å²) in [5.41, 5.74) is 0. The Kier molecular flexibility index (Phi) is 3.00. The van der Waals surface area contributed by atoms with Crippen LogP contribution in [0.15, 0.2) is 0 Å². The van der Waals surface area contributed by atoms with Crippen LogP contribution in [0.5, 0.6) is 0 Å². The lowest BCUT2D eigenvalue weighted by Gasteiger charge is -2.24. The maximum atomic E-state index is 6.18. The van der Waals surface area contributed by atoms with Gasteiger partial charge in [0, 0.05) is 0 Å². The molecule has 3 aliphatic heterocycles. The van der Waals surface area contributed by atoms with Crippen LogP contribution in [0, 0.1) is 11.8 Å². The van der Waals surface area contributed by atoms with E-state index in [0.717, 1.165) is 26.3 Å². The molecule has 3 heterocycles. The van der Waals surface area contributed by atoms with Crippen molar-refractivity contribution in [1.82, 2.24) is 9.34 Å². The quantitative estimate of drug-likeness (QED) is 0.711. The van der Waals surface area contributed by atoms with Gasteiger partial charge in [0.25, 0.3) is 0 Å². The Bertz CT molecular complexity index is 281. The predicted molar refractivity (Wildman–Crippen MR) is 69.5 cm³/mol. The molecule has 0 aliphatic carbocycles. The summed E-state index contributed by atoms with van der Waals surface area (Å²) in [4.78, 5) is 0. The molecule has 17 heavy (non-hydrogen) atoms. The molecule has 3 aliphatic rings. The summed E-state index contributed by atoms with van der Waals surface area (Å²) in [5.74, 6) is 1.30. The van der Waals surface area contributed by atoms with E-state index >= 15 is 0 Å². The van der Waals surface area contributed by atoms with Gasteiger partial charge in [-0.2, -0.15) is 9.05 Å². The molecule has 0 aromatic carbocycles. The molecule has 4 nitrogen and oxygen atoms in total. The average Bonchev–Trinajstić information content (AvgIpc) is 2.83. The highest BCUT2D eigenvalue weighted by Crippen LogP contribution is 2.77. The Morgan fingerprint density at radius 2 is 1.29 bits per heavy atom. The number of nitrogens with zero attached hydrogens (tertiary/aromatic N) is 2. The van der Waals surface area contributed by atoms with Crippen LogP contribution in [0.3, 0.4) is 0 Å². The van der Waals surface area contributed by atoms with Crippen molar-refractivity contribution in [1.29, 1.82) is 0 Å². The summed E-state index contributed by atoms with van der Waals surface area (Å²) < 4.78 is 17.5. The van der Waals surface area contributed by atoms with Gasteiger partial charge in [0.2, 0.25) is 0 Å². The first-order valence-electron chi connectivity index (χ1n) is 6.78. The molecule has 0 bridgehead atoms. The third-order valence-corrected chi connectivity index (χ3v) is 7.60. The second kappa shape index (κ2) is 4.14. The van der Waals surface area contributed by atoms with Crippen molar-refractivity contribution in [3.8, 4) is 0 Å². The SMILES string of the molecule is CC(C)[C@@H]1CO[P+]23OC[C@@H](C(C)C)N2CCN13. The summed E-state index contributed by atoms with van der Waals surface area (Å²) in [6.07, 6.45) is 0. The molecule has 2 atom stereocenters. The summed E-state index contributed by atoms with van der Waals surface area (Å²) >= 11 is 0. The minimum Gasteiger partial charge on any atom is -0.170 e. The zero-order valence-corrected chi connectivity index (χ0v) is 12.2. The molecule has 0 radical (unpaired) electrons. The molecule has 5 heteroatoms. The molecule has 0 N–H and O–H groups in total. The van der Waals surface area contributed by atoms with Crippen LogP contribution in [-0.2, 0) is 9.05 Å². The fourth-order valence-corrected chi connectivity index (χ4v) is 7.00. The lowest BCUT2D eigenvalue weighted by molar-refractivity contribution is 0.222. The Labute approximate surface area is 105 Å². The van der Waals surface area contributed by atoms with E-state index in [1.807, 2.05) is 0 Å². The molecule has 0 saturated carbocycles. The number of hydrogen-bond acceptors (Lipinski definition) is 4. The van der Waals surface area contributed by atoms with Crippen LogP contribution in [0.4, 0.5) is 0 Å². The fourth-order valence-electron chi connectivity index (χ4n) is 3.24. The normalized spacial score (nSPS) is 37.1. The maximum absolute atomic E-state index is 6.18. The van der Waals surface area contributed by atoms with Crippen molar-refractivity contribution < 1.29 is 9.05 Å². The van der Waals surface area contributed by atoms with Gasteiger partial charge in [-0.15, -0.1) is 9.34 Å². The highest BCUT2D eigenvalue weighted by atomic mass is 31.2. The number of rotatable bonds is 2. The molecular formula is C12H24N2O2P+. The standard InChI is InChI=1S/C12H24N2O2P/c1-9(2)11-7-15-17-13(11)5-6-14(17)12(8-16-17)10(3)4/h9-12H,5-8H2,1-4H3/q+1/t11-,12-,17?/m0/s1. The zero-order valence-electron chi connectivity index (χ0n) is 11.3. The highest BCUT2D eigenvalue weighted by molar-refractivity contribution is 7.62. The molecule has 0 unspecified atom stereocenters. The molecule has 3 rings (SSSR count).